The fourth-order valence-corrected chi connectivity index (χ4v) is 2.60. The summed E-state index contributed by atoms with van der Waals surface area (Å²) in [5.41, 5.74) is 1.61. The standard InChI is InChI=1S/C12H12BrNO2/c1-3-14-9-7-5-4-6-8(9)10(13)11(14)12(15)16-2/h4-7H,3H2,1-2H3. The molecule has 0 fully saturated rings. The molecule has 1 heterocycles. The van der Waals surface area contributed by atoms with Gasteiger partial charge in [0.05, 0.1) is 11.6 Å². The average molecular weight is 282 g/mol. The van der Waals surface area contributed by atoms with Crippen molar-refractivity contribution in [1.82, 2.24) is 4.57 Å². The first-order valence-corrected chi connectivity index (χ1v) is 5.85. The van der Waals surface area contributed by atoms with Crippen molar-refractivity contribution < 1.29 is 9.53 Å². The summed E-state index contributed by atoms with van der Waals surface area (Å²) in [5, 5.41) is 1.03. The molecule has 84 valence electrons. The van der Waals surface area contributed by atoms with Gasteiger partial charge in [0.15, 0.2) is 0 Å². The third-order valence-electron chi connectivity index (χ3n) is 2.60. The summed E-state index contributed by atoms with van der Waals surface area (Å²) < 4.78 is 7.55. The van der Waals surface area contributed by atoms with Crippen LogP contribution in [0.3, 0.4) is 0 Å². The Bertz CT molecular complexity index is 545. The Balaban J connectivity index is 2.81. The molecule has 0 spiro atoms. The Labute approximate surface area is 102 Å². The zero-order chi connectivity index (χ0) is 11.7. The maximum atomic E-state index is 11.7. The van der Waals surface area contributed by atoms with E-state index in [0.29, 0.717) is 5.69 Å². The molecular weight excluding hydrogens is 270 g/mol. The van der Waals surface area contributed by atoms with E-state index in [4.69, 9.17) is 4.74 Å². The van der Waals surface area contributed by atoms with Crippen LogP contribution in [0.1, 0.15) is 17.4 Å². The van der Waals surface area contributed by atoms with Gasteiger partial charge < -0.3 is 9.30 Å². The molecule has 1 aromatic carbocycles. The maximum Gasteiger partial charge on any atom is 0.355 e. The average Bonchev–Trinajstić information content (AvgIpc) is 2.62. The summed E-state index contributed by atoms with van der Waals surface area (Å²) in [7, 11) is 1.40. The first-order chi connectivity index (χ1) is 7.70. The minimum absolute atomic E-state index is 0.315. The second kappa shape index (κ2) is 4.29. The molecule has 4 heteroatoms. The quantitative estimate of drug-likeness (QED) is 0.792. The second-order valence-electron chi connectivity index (χ2n) is 3.42. The molecule has 0 aliphatic carbocycles. The molecule has 0 N–H and O–H groups in total. The number of methoxy groups -OCH3 is 1. The maximum absolute atomic E-state index is 11.7. The largest absolute Gasteiger partial charge is 0.464 e. The minimum Gasteiger partial charge on any atom is -0.464 e. The number of aryl methyl sites for hydroxylation is 1. The summed E-state index contributed by atoms with van der Waals surface area (Å²) in [6.45, 7) is 2.74. The molecular formula is C12H12BrNO2. The van der Waals surface area contributed by atoms with Gasteiger partial charge in [-0.2, -0.15) is 0 Å². The Morgan fingerprint density at radius 1 is 1.44 bits per heavy atom. The number of carbonyl (C=O) groups is 1. The third-order valence-corrected chi connectivity index (χ3v) is 3.41. The molecule has 0 aliphatic heterocycles. The highest BCUT2D eigenvalue weighted by Gasteiger charge is 2.20. The van der Waals surface area contributed by atoms with E-state index in [0.717, 1.165) is 21.9 Å². The zero-order valence-electron chi connectivity index (χ0n) is 9.16. The number of esters is 1. The van der Waals surface area contributed by atoms with Crippen molar-refractivity contribution >= 4 is 32.8 Å². The topological polar surface area (TPSA) is 31.2 Å². The van der Waals surface area contributed by atoms with Crippen molar-refractivity contribution in [3.05, 3.63) is 34.4 Å². The van der Waals surface area contributed by atoms with Crippen LogP contribution in [0.2, 0.25) is 0 Å². The van der Waals surface area contributed by atoms with Crippen molar-refractivity contribution in [2.75, 3.05) is 7.11 Å². The smallest absolute Gasteiger partial charge is 0.355 e. The Morgan fingerprint density at radius 2 is 2.12 bits per heavy atom. The van der Waals surface area contributed by atoms with Crippen LogP contribution >= 0.6 is 15.9 Å². The van der Waals surface area contributed by atoms with Gasteiger partial charge in [-0.05, 0) is 28.9 Å². The Kier molecular flexibility index (Phi) is 3.01. The van der Waals surface area contributed by atoms with Gasteiger partial charge in [-0.3, -0.25) is 0 Å². The van der Waals surface area contributed by atoms with Crippen LogP contribution in [-0.4, -0.2) is 17.6 Å². The molecule has 3 nitrogen and oxygen atoms in total. The molecule has 0 amide bonds. The number of rotatable bonds is 2. The number of hydrogen-bond donors (Lipinski definition) is 0. The number of carbonyl (C=O) groups excluding carboxylic acids is 1. The second-order valence-corrected chi connectivity index (χ2v) is 4.21. The lowest BCUT2D eigenvalue weighted by Crippen LogP contribution is -2.10. The molecule has 1 aromatic heterocycles. The van der Waals surface area contributed by atoms with Crippen LogP contribution in [0.15, 0.2) is 28.7 Å². The monoisotopic (exact) mass is 281 g/mol. The van der Waals surface area contributed by atoms with Gasteiger partial charge in [0.2, 0.25) is 0 Å². The number of ether oxygens (including phenoxy) is 1. The zero-order valence-corrected chi connectivity index (χ0v) is 10.7. The predicted molar refractivity (Wildman–Crippen MR) is 66.7 cm³/mol. The molecule has 0 saturated carbocycles. The summed E-state index contributed by atoms with van der Waals surface area (Å²) in [6.07, 6.45) is 0. The number of aromatic nitrogens is 1. The van der Waals surface area contributed by atoms with E-state index in [-0.39, 0.29) is 5.97 Å². The van der Waals surface area contributed by atoms with E-state index >= 15 is 0 Å². The summed E-state index contributed by atoms with van der Waals surface area (Å²) in [6, 6.07) is 7.89. The van der Waals surface area contributed by atoms with Gasteiger partial charge in [0, 0.05) is 17.4 Å². The van der Waals surface area contributed by atoms with Gasteiger partial charge in [-0.25, -0.2) is 4.79 Å². The molecule has 0 saturated heterocycles. The molecule has 0 atom stereocenters. The number of hydrogen-bond acceptors (Lipinski definition) is 2. The van der Waals surface area contributed by atoms with Crippen LogP contribution in [0.4, 0.5) is 0 Å². The van der Waals surface area contributed by atoms with Crippen LogP contribution in [0.25, 0.3) is 10.9 Å². The fraction of sp³-hybridized carbons (Fsp3) is 0.250. The molecule has 0 aliphatic rings. The van der Waals surface area contributed by atoms with Gasteiger partial charge in [0.25, 0.3) is 0 Å². The highest BCUT2D eigenvalue weighted by atomic mass is 79.9. The third kappa shape index (κ3) is 1.53. The van der Waals surface area contributed by atoms with E-state index in [9.17, 15) is 4.79 Å². The van der Waals surface area contributed by atoms with Crippen LogP contribution in [0, 0.1) is 0 Å². The van der Waals surface area contributed by atoms with Crippen LogP contribution < -0.4 is 0 Å². The van der Waals surface area contributed by atoms with E-state index in [1.807, 2.05) is 35.8 Å². The van der Waals surface area contributed by atoms with E-state index in [2.05, 4.69) is 15.9 Å². The normalized spacial score (nSPS) is 10.7. The summed E-state index contributed by atoms with van der Waals surface area (Å²) >= 11 is 3.46. The first kappa shape index (κ1) is 11.2. The number of halogens is 1. The molecule has 16 heavy (non-hydrogen) atoms. The van der Waals surface area contributed by atoms with Crippen molar-refractivity contribution in [1.29, 1.82) is 0 Å². The number of para-hydroxylation sites is 1. The first-order valence-electron chi connectivity index (χ1n) is 5.05. The molecule has 0 unspecified atom stereocenters. The van der Waals surface area contributed by atoms with E-state index in [1.54, 1.807) is 0 Å². The van der Waals surface area contributed by atoms with Gasteiger partial charge in [-0.1, -0.05) is 18.2 Å². The molecule has 0 bridgehead atoms. The van der Waals surface area contributed by atoms with Crippen molar-refractivity contribution in [3.63, 3.8) is 0 Å². The van der Waals surface area contributed by atoms with E-state index in [1.165, 1.54) is 7.11 Å². The van der Waals surface area contributed by atoms with Crippen molar-refractivity contribution in [3.8, 4) is 0 Å². The highest BCUT2D eigenvalue weighted by molar-refractivity contribution is 9.10. The Morgan fingerprint density at radius 3 is 2.75 bits per heavy atom. The summed E-state index contributed by atoms with van der Waals surface area (Å²) in [5.74, 6) is -0.315. The van der Waals surface area contributed by atoms with Crippen molar-refractivity contribution in [2.24, 2.45) is 0 Å². The number of nitrogens with zero attached hydrogens (tertiary/aromatic N) is 1. The Hall–Kier alpha value is -1.29. The van der Waals surface area contributed by atoms with Crippen molar-refractivity contribution in [2.45, 2.75) is 13.5 Å². The lowest BCUT2D eigenvalue weighted by molar-refractivity contribution is 0.0588. The van der Waals surface area contributed by atoms with E-state index < -0.39 is 0 Å². The predicted octanol–water partition coefficient (Wildman–Crippen LogP) is 3.21. The molecule has 2 rings (SSSR count). The lowest BCUT2D eigenvalue weighted by Gasteiger charge is -2.05. The van der Waals surface area contributed by atoms with Gasteiger partial charge in [-0.15, -0.1) is 0 Å². The molecule has 0 radical (unpaired) electrons. The molecule has 2 aromatic rings. The number of benzene rings is 1. The summed E-state index contributed by atoms with van der Waals surface area (Å²) in [4.78, 5) is 11.7. The lowest BCUT2D eigenvalue weighted by atomic mass is 10.2. The highest BCUT2D eigenvalue weighted by Crippen LogP contribution is 2.31. The SMILES string of the molecule is CCn1c(C(=O)OC)c(Br)c2ccccc21. The van der Waals surface area contributed by atoms with Crippen LogP contribution in [-0.2, 0) is 11.3 Å². The number of fused-ring (bicyclic) bond motifs is 1. The minimum atomic E-state index is -0.315. The van der Waals surface area contributed by atoms with Gasteiger partial charge >= 0.3 is 5.97 Å². The van der Waals surface area contributed by atoms with Crippen LogP contribution in [0.5, 0.6) is 0 Å². The van der Waals surface area contributed by atoms with Gasteiger partial charge in [0.1, 0.15) is 5.69 Å². The fourth-order valence-electron chi connectivity index (χ4n) is 1.89.